The molecule has 18 heteroatoms. The highest BCUT2D eigenvalue weighted by atomic mass is 19.3. The molecule has 340 valence electrons. The second-order valence-corrected chi connectivity index (χ2v) is 18.6. The summed E-state index contributed by atoms with van der Waals surface area (Å²) in [5.74, 6) is -9.19. The number of hydrogen-bond acceptors (Lipinski definition) is 8. The Morgan fingerprint density at radius 2 is 1.05 bits per heavy atom. The minimum absolute atomic E-state index is 0.0367. The molecule has 9 rings (SSSR count). The first kappa shape index (κ1) is 43.3. The predicted octanol–water partition coefficient (Wildman–Crippen LogP) is 8.20. The van der Waals surface area contributed by atoms with E-state index in [-0.39, 0.29) is 69.8 Å². The zero-order valence-electron chi connectivity index (χ0n) is 36.4. The molecule has 5 aliphatic rings. The van der Waals surface area contributed by atoms with E-state index in [2.05, 4.69) is 30.6 Å². The van der Waals surface area contributed by atoms with Gasteiger partial charge in [-0.25, -0.2) is 19.6 Å². The minimum Gasteiger partial charge on any atom is -0.453 e. The van der Waals surface area contributed by atoms with Crippen LogP contribution in [0.15, 0.2) is 48.8 Å². The lowest BCUT2D eigenvalue weighted by Crippen LogP contribution is -2.54. The van der Waals surface area contributed by atoms with Crippen LogP contribution in [0.4, 0.5) is 27.2 Å². The van der Waals surface area contributed by atoms with E-state index in [9.17, 15) is 19.2 Å². The topological polar surface area (TPSA) is 175 Å². The molecule has 4 N–H and O–H groups in total. The number of imidazole rings is 2. The molecule has 2 saturated heterocycles. The number of benzene rings is 2. The molecular formula is C46H52F4N8O6. The van der Waals surface area contributed by atoms with E-state index in [0.717, 1.165) is 50.7 Å². The lowest BCUT2D eigenvalue weighted by molar-refractivity contribution is -0.225. The van der Waals surface area contributed by atoms with Crippen molar-refractivity contribution >= 4 is 24.0 Å². The van der Waals surface area contributed by atoms with Crippen LogP contribution >= 0.6 is 0 Å². The first-order valence-corrected chi connectivity index (χ1v) is 21.9. The van der Waals surface area contributed by atoms with Gasteiger partial charge in [0.1, 0.15) is 23.7 Å². The van der Waals surface area contributed by atoms with Gasteiger partial charge in [-0.3, -0.25) is 9.59 Å². The van der Waals surface area contributed by atoms with Gasteiger partial charge in [0.25, 0.3) is 0 Å². The summed E-state index contributed by atoms with van der Waals surface area (Å²) in [5, 5.41) is 5.31. The van der Waals surface area contributed by atoms with Crippen LogP contribution in [0.5, 0.6) is 0 Å². The molecule has 4 bridgehead atoms. The van der Waals surface area contributed by atoms with Crippen LogP contribution < -0.4 is 10.6 Å². The van der Waals surface area contributed by atoms with Crippen LogP contribution in [0.2, 0.25) is 0 Å². The van der Waals surface area contributed by atoms with Crippen molar-refractivity contribution in [3.63, 3.8) is 0 Å². The fourth-order valence-electron chi connectivity index (χ4n) is 11.1. The molecule has 2 aromatic carbocycles. The molecule has 2 aliphatic heterocycles. The Hall–Kier alpha value is -5.94. The number of carbonyl (C=O) groups is 4. The first-order valence-electron chi connectivity index (χ1n) is 21.9. The zero-order valence-corrected chi connectivity index (χ0v) is 36.4. The quantitative estimate of drug-likeness (QED) is 0.115. The van der Waals surface area contributed by atoms with Crippen molar-refractivity contribution in [1.82, 2.24) is 40.4 Å². The van der Waals surface area contributed by atoms with Crippen LogP contribution in [0.25, 0.3) is 33.6 Å². The summed E-state index contributed by atoms with van der Waals surface area (Å²) < 4.78 is 74.8. The molecular weight excluding hydrogens is 837 g/mol. The van der Waals surface area contributed by atoms with Gasteiger partial charge in [-0.1, -0.05) is 52.0 Å². The maximum absolute atomic E-state index is 16.3. The number of amides is 4. The van der Waals surface area contributed by atoms with Gasteiger partial charge < -0.3 is 39.9 Å². The Morgan fingerprint density at radius 1 is 0.656 bits per heavy atom. The van der Waals surface area contributed by atoms with E-state index >= 15 is 17.6 Å². The number of aromatic nitrogens is 4. The highest BCUT2D eigenvalue weighted by Crippen LogP contribution is 2.59. The van der Waals surface area contributed by atoms with Crippen molar-refractivity contribution < 1.29 is 46.2 Å². The Morgan fingerprint density at radius 3 is 1.41 bits per heavy atom. The van der Waals surface area contributed by atoms with Crippen molar-refractivity contribution in [3.05, 3.63) is 71.6 Å². The third-order valence-electron chi connectivity index (χ3n) is 14.2. The number of alkyl halides is 4. The van der Waals surface area contributed by atoms with Gasteiger partial charge in [0.2, 0.25) is 11.8 Å². The normalized spacial score (nSPS) is 25.6. The highest BCUT2D eigenvalue weighted by Gasteiger charge is 2.63. The average molecular weight is 889 g/mol. The molecule has 2 aromatic heterocycles. The molecule has 4 fully saturated rings. The Labute approximate surface area is 367 Å². The van der Waals surface area contributed by atoms with Gasteiger partial charge in [-0.2, -0.15) is 17.6 Å². The Kier molecular flexibility index (Phi) is 10.8. The number of nitrogens with zero attached hydrogens (tertiary/aromatic N) is 4. The number of nitrogens with one attached hydrogen (secondary N) is 4. The van der Waals surface area contributed by atoms with Gasteiger partial charge in [-0.05, 0) is 85.5 Å². The molecule has 14 nitrogen and oxygen atoms in total. The molecule has 8 atom stereocenters. The lowest BCUT2D eigenvalue weighted by Gasteiger charge is -2.37. The molecule has 4 amide bonds. The highest BCUT2D eigenvalue weighted by molar-refractivity contribution is 5.88. The number of halogens is 4. The van der Waals surface area contributed by atoms with E-state index < -0.39 is 59.3 Å². The number of methoxy groups -OCH3 is 2. The van der Waals surface area contributed by atoms with E-state index in [4.69, 9.17) is 9.47 Å². The zero-order chi connectivity index (χ0) is 45.6. The summed E-state index contributed by atoms with van der Waals surface area (Å²) in [7, 11) is 2.45. The van der Waals surface area contributed by atoms with Crippen molar-refractivity contribution in [1.29, 1.82) is 0 Å². The maximum Gasteiger partial charge on any atom is 0.407 e. The number of fused-ring (bicyclic) bond motifs is 7. The molecule has 1 unspecified atom stereocenters. The van der Waals surface area contributed by atoms with E-state index in [1.165, 1.54) is 38.7 Å². The van der Waals surface area contributed by atoms with Crippen LogP contribution in [0.3, 0.4) is 0 Å². The van der Waals surface area contributed by atoms with Crippen molar-refractivity contribution in [2.75, 3.05) is 14.2 Å². The summed E-state index contributed by atoms with van der Waals surface area (Å²) in [6, 6.07) is 5.40. The number of likely N-dealkylation sites (tertiary alicyclic amines) is 2. The summed E-state index contributed by atoms with van der Waals surface area (Å²) in [6.45, 7) is 7.30. The molecule has 0 spiro atoms. The summed E-state index contributed by atoms with van der Waals surface area (Å²) in [6.07, 6.45) is 6.27. The smallest absolute Gasteiger partial charge is 0.407 e. The number of hydrogen-bond donors (Lipinski definition) is 4. The van der Waals surface area contributed by atoms with Gasteiger partial charge in [0.05, 0.1) is 50.1 Å². The van der Waals surface area contributed by atoms with Crippen LogP contribution in [0, 0.1) is 23.7 Å². The summed E-state index contributed by atoms with van der Waals surface area (Å²) >= 11 is 0. The van der Waals surface area contributed by atoms with E-state index in [1.54, 1.807) is 21.9 Å². The molecule has 4 heterocycles. The molecule has 0 radical (unpaired) electrons. The number of H-pyrrole nitrogens is 2. The first-order chi connectivity index (χ1) is 30.4. The number of carbonyl (C=O) groups excluding carboxylic acids is 4. The SMILES string of the molecule is COC(=O)N[C@H](C(=O)N1C(c2ncc(-c3ccc4c(c3)C(F)(F)C(F)(F)c3cc(-c5cnc([C@@H]6[C@H]7CC[C@H](C7)N6C(=O)[C@@H](NC(=O)OC)C(C)C)[nH]5)ccc3-4)[nH]2)[C@H]2CC[C@@H]1C2)C(C)C. The molecule has 4 aromatic rings. The lowest BCUT2D eigenvalue weighted by atomic mass is 9.79. The van der Waals surface area contributed by atoms with Gasteiger partial charge >= 0.3 is 24.0 Å². The predicted molar refractivity (Wildman–Crippen MR) is 225 cm³/mol. The van der Waals surface area contributed by atoms with Gasteiger partial charge in [-0.15, -0.1) is 0 Å². The van der Waals surface area contributed by atoms with E-state index in [0.29, 0.717) is 23.0 Å². The van der Waals surface area contributed by atoms with Crippen molar-refractivity contribution in [2.45, 2.75) is 114 Å². The third kappa shape index (κ3) is 6.89. The second kappa shape index (κ2) is 15.9. The third-order valence-corrected chi connectivity index (χ3v) is 14.2. The number of rotatable bonds is 10. The molecule has 3 aliphatic carbocycles. The molecule has 64 heavy (non-hydrogen) atoms. The summed E-state index contributed by atoms with van der Waals surface area (Å²) in [4.78, 5) is 71.4. The molecule has 2 saturated carbocycles. The Balaban J connectivity index is 0.993. The number of alkyl carbamates (subject to hydrolysis) is 2. The van der Waals surface area contributed by atoms with Crippen LogP contribution in [-0.2, 0) is 30.9 Å². The number of aromatic amines is 2. The number of ether oxygens (including phenoxy) is 2. The minimum atomic E-state index is -4.60. The maximum atomic E-state index is 16.3. The van der Waals surface area contributed by atoms with E-state index in [1.807, 2.05) is 27.7 Å². The summed E-state index contributed by atoms with van der Waals surface area (Å²) in [5.41, 5.74) is -0.638. The van der Waals surface area contributed by atoms with Crippen molar-refractivity contribution in [2.24, 2.45) is 23.7 Å². The van der Waals surface area contributed by atoms with Crippen LogP contribution in [-0.4, -0.2) is 92.1 Å². The second-order valence-electron chi connectivity index (χ2n) is 18.6. The monoisotopic (exact) mass is 888 g/mol. The average Bonchev–Trinajstić information content (AvgIpc) is 4.15. The largest absolute Gasteiger partial charge is 0.453 e. The fraction of sp³-hybridized carbons (Fsp3) is 0.522. The number of piperidine rings is 2. The standard InChI is InChI=1S/C46H52F4N8O6/c1-21(2)35(55-43(61)63-5)41(59)57-27-11-7-25(15-27)37(57)39-51-19-33(53-39)23-9-13-29-30-14-10-24(18-32(30)46(49,50)45(47,48)31(29)17-23)34-20-52-40(54-34)38-26-8-12-28(16-26)58(38)42(60)36(22(3)4)56-44(62)64-6/h9-10,13-14,17-22,25-28,35-38H,7-8,11-12,15-16H2,1-6H3,(H,51,53)(H,52,54)(H,55,61)(H,56,62)/t25-,26-,27+,28+,35-,36-,37-,38?/m0/s1. The van der Waals surface area contributed by atoms with Gasteiger partial charge in [0, 0.05) is 34.3 Å². The Bertz CT molecular complexity index is 2340. The van der Waals surface area contributed by atoms with Crippen molar-refractivity contribution in [3.8, 4) is 33.6 Å². The van der Waals surface area contributed by atoms with Crippen LogP contribution in [0.1, 0.15) is 101 Å². The fourth-order valence-corrected chi connectivity index (χ4v) is 11.1. The van der Waals surface area contributed by atoms with Gasteiger partial charge in [0.15, 0.2) is 0 Å².